The molecule has 0 spiro atoms. The van der Waals surface area contributed by atoms with Crippen molar-refractivity contribution in [2.45, 2.75) is 0 Å². The van der Waals surface area contributed by atoms with E-state index in [1.165, 1.54) is 23.7 Å². The lowest BCUT2D eigenvalue weighted by Gasteiger charge is -1.99. The van der Waals surface area contributed by atoms with E-state index >= 15 is 0 Å². The van der Waals surface area contributed by atoms with Crippen LogP contribution in [0.1, 0.15) is 0 Å². The van der Waals surface area contributed by atoms with Crippen LogP contribution in [0.15, 0.2) is 18.2 Å². The standard InChI is InChI=1S/C11H11ClFN3OS/c1-17-5-4-14-11-15-10(16-18-11)7-2-3-9(13)8(12)6-7/h2-3,6H,4-5H2,1H3,(H,14,15,16). The van der Waals surface area contributed by atoms with Crippen LogP contribution >= 0.6 is 23.1 Å². The van der Waals surface area contributed by atoms with Crippen molar-refractivity contribution < 1.29 is 9.13 Å². The molecular weight excluding hydrogens is 277 g/mol. The highest BCUT2D eigenvalue weighted by Gasteiger charge is 2.08. The normalized spacial score (nSPS) is 10.6. The zero-order valence-corrected chi connectivity index (χ0v) is 11.2. The molecule has 0 bridgehead atoms. The minimum atomic E-state index is -0.450. The number of hydrogen-bond donors (Lipinski definition) is 1. The molecule has 0 saturated carbocycles. The number of benzene rings is 1. The molecule has 2 rings (SSSR count). The van der Waals surface area contributed by atoms with E-state index in [1.807, 2.05) is 0 Å². The first-order valence-corrected chi connectivity index (χ1v) is 6.38. The van der Waals surface area contributed by atoms with Crippen LogP contribution in [0.2, 0.25) is 5.02 Å². The Bertz CT molecular complexity index is 535. The van der Waals surface area contributed by atoms with Crippen molar-refractivity contribution >= 4 is 28.3 Å². The largest absolute Gasteiger partial charge is 0.383 e. The Hall–Kier alpha value is -1.24. The van der Waals surface area contributed by atoms with Gasteiger partial charge in [-0.15, -0.1) is 0 Å². The van der Waals surface area contributed by atoms with Gasteiger partial charge in [-0.1, -0.05) is 11.6 Å². The monoisotopic (exact) mass is 287 g/mol. The van der Waals surface area contributed by atoms with Crippen molar-refractivity contribution in [2.24, 2.45) is 0 Å². The van der Waals surface area contributed by atoms with Gasteiger partial charge in [-0.2, -0.15) is 9.36 Å². The molecule has 0 aliphatic rings. The second kappa shape index (κ2) is 6.08. The summed E-state index contributed by atoms with van der Waals surface area (Å²) in [6.07, 6.45) is 0. The van der Waals surface area contributed by atoms with Gasteiger partial charge in [0.1, 0.15) is 5.82 Å². The molecule has 0 amide bonds. The van der Waals surface area contributed by atoms with Crippen molar-refractivity contribution in [1.29, 1.82) is 0 Å². The van der Waals surface area contributed by atoms with Gasteiger partial charge in [0.15, 0.2) is 5.82 Å². The average molecular weight is 288 g/mol. The molecular formula is C11H11ClFN3OS. The SMILES string of the molecule is COCCNc1nc(-c2ccc(F)c(Cl)c2)ns1. The van der Waals surface area contributed by atoms with E-state index in [9.17, 15) is 4.39 Å². The molecule has 0 saturated heterocycles. The van der Waals surface area contributed by atoms with Gasteiger partial charge in [-0.3, -0.25) is 0 Å². The molecule has 2 aromatic rings. The minimum absolute atomic E-state index is 0.0659. The van der Waals surface area contributed by atoms with Crippen LogP contribution in [0.25, 0.3) is 11.4 Å². The molecule has 0 aliphatic carbocycles. The minimum Gasteiger partial charge on any atom is -0.383 e. The first-order valence-electron chi connectivity index (χ1n) is 5.22. The molecule has 1 aromatic carbocycles. The fourth-order valence-corrected chi connectivity index (χ4v) is 2.10. The average Bonchev–Trinajstić information content (AvgIpc) is 2.82. The highest BCUT2D eigenvalue weighted by molar-refractivity contribution is 7.09. The van der Waals surface area contributed by atoms with Crippen molar-refractivity contribution in [1.82, 2.24) is 9.36 Å². The second-order valence-electron chi connectivity index (χ2n) is 3.47. The zero-order valence-electron chi connectivity index (χ0n) is 9.61. The molecule has 1 heterocycles. The first-order chi connectivity index (χ1) is 8.70. The third kappa shape index (κ3) is 3.16. The molecule has 18 heavy (non-hydrogen) atoms. The molecule has 1 N–H and O–H groups in total. The van der Waals surface area contributed by atoms with Crippen molar-refractivity contribution in [3.8, 4) is 11.4 Å². The van der Waals surface area contributed by atoms with Gasteiger partial charge in [0.25, 0.3) is 0 Å². The third-order valence-corrected chi connectivity index (χ3v) is 3.15. The first kappa shape index (κ1) is 13.2. The predicted octanol–water partition coefficient (Wildman–Crippen LogP) is 3.06. The van der Waals surface area contributed by atoms with Crippen molar-refractivity contribution in [3.63, 3.8) is 0 Å². The summed E-state index contributed by atoms with van der Waals surface area (Å²) in [5.74, 6) is 0.0795. The van der Waals surface area contributed by atoms with Crippen molar-refractivity contribution in [2.75, 3.05) is 25.6 Å². The maximum Gasteiger partial charge on any atom is 0.202 e. The lowest BCUT2D eigenvalue weighted by molar-refractivity contribution is 0.211. The van der Waals surface area contributed by atoms with Crippen LogP contribution in [-0.2, 0) is 4.74 Å². The van der Waals surface area contributed by atoms with E-state index in [1.54, 1.807) is 13.2 Å². The van der Waals surface area contributed by atoms with Crippen LogP contribution in [-0.4, -0.2) is 29.6 Å². The summed E-state index contributed by atoms with van der Waals surface area (Å²) < 4.78 is 22.1. The molecule has 4 nitrogen and oxygen atoms in total. The Morgan fingerprint density at radius 2 is 2.33 bits per heavy atom. The lowest BCUT2D eigenvalue weighted by atomic mass is 10.2. The molecule has 0 atom stereocenters. The number of anilines is 1. The Kier molecular flexibility index (Phi) is 4.46. The third-order valence-electron chi connectivity index (χ3n) is 2.19. The van der Waals surface area contributed by atoms with Crippen LogP contribution in [0.4, 0.5) is 9.52 Å². The summed E-state index contributed by atoms with van der Waals surface area (Å²) in [6.45, 7) is 1.26. The molecule has 7 heteroatoms. The highest BCUT2D eigenvalue weighted by Crippen LogP contribution is 2.25. The number of hydrogen-bond acceptors (Lipinski definition) is 5. The number of nitrogens with one attached hydrogen (secondary N) is 1. The van der Waals surface area contributed by atoms with Gasteiger partial charge in [-0.05, 0) is 18.2 Å². The van der Waals surface area contributed by atoms with E-state index in [0.29, 0.717) is 29.7 Å². The maximum absolute atomic E-state index is 13.0. The summed E-state index contributed by atoms with van der Waals surface area (Å²) >= 11 is 6.95. The van der Waals surface area contributed by atoms with E-state index in [-0.39, 0.29) is 5.02 Å². The van der Waals surface area contributed by atoms with Crippen LogP contribution in [0, 0.1) is 5.82 Å². The van der Waals surface area contributed by atoms with Gasteiger partial charge in [0.2, 0.25) is 5.13 Å². The van der Waals surface area contributed by atoms with Crippen LogP contribution < -0.4 is 5.32 Å². The van der Waals surface area contributed by atoms with Gasteiger partial charge >= 0.3 is 0 Å². The Morgan fingerprint density at radius 1 is 1.50 bits per heavy atom. The van der Waals surface area contributed by atoms with Gasteiger partial charge in [0.05, 0.1) is 11.6 Å². The highest BCUT2D eigenvalue weighted by atomic mass is 35.5. The molecule has 0 fully saturated rings. The number of aromatic nitrogens is 2. The molecule has 0 radical (unpaired) electrons. The van der Waals surface area contributed by atoms with E-state index < -0.39 is 5.82 Å². The number of ether oxygens (including phenoxy) is 1. The molecule has 1 aromatic heterocycles. The van der Waals surface area contributed by atoms with E-state index in [2.05, 4.69) is 14.7 Å². The lowest BCUT2D eigenvalue weighted by Crippen LogP contribution is -2.06. The maximum atomic E-state index is 13.0. The quantitative estimate of drug-likeness (QED) is 0.859. The summed E-state index contributed by atoms with van der Waals surface area (Å²) in [4.78, 5) is 4.28. The number of rotatable bonds is 5. The van der Waals surface area contributed by atoms with E-state index in [0.717, 1.165) is 0 Å². The number of nitrogens with zero attached hydrogens (tertiary/aromatic N) is 2. The Labute approximate surface area is 113 Å². The van der Waals surface area contributed by atoms with Crippen molar-refractivity contribution in [3.05, 3.63) is 29.0 Å². The summed E-state index contributed by atoms with van der Waals surface area (Å²) in [7, 11) is 1.63. The number of methoxy groups -OCH3 is 1. The fourth-order valence-electron chi connectivity index (χ4n) is 1.31. The molecule has 0 aliphatic heterocycles. The topological polar surface area (TPSA) is 47.0 Å². The predicted molar refractivity (Wildman–Crippen MR) is 70.7 cm³/mol. The summed E-state index contributed by atoms with van der Waals surface area (Å²) in [5.41, 5.74) is 0.692. The van der Waals surface area contributed by atoms with Crippen LogP contribution in [0.3, 0.4) is 0 Å². The smallest absolute Gasteiger partial charge is 0.202 e. The van der Waals surface area contributed by atoms with Gasteiger partial charge < -0.3 is 10.1 Å². The van der Waals surface area contributed by atoms with Crippen LogP contribution in [0.5, 0.6) is 0 Å². The summed E-state index contributed by atoms with van der Waals surface area (Å²) in [6, 6.07) is 4.41. The zero-order chi connectivity index (χ0) is 13.0. The Morgan fingerprint density at radius 3 is 3.06 bits per heavy atom. The van der Waals surface area contributed by atoms with E-state index in [4.69, 9.17) is 16.3 Å². The molecule has 96 valence electrons. The Balaban J connectivity index is 2.11. The number of halogens is 2. The molecule has 0 unspecified atom stereocenters. The summed E-state index contributed by atoms with van der Waals surface area (Å²) in [5, 5.41) is 3.84. The van der Waals surface area contributed by atoms with Gasteiger partial charge in [-0.25, -0.2) is 4.39 Å². The second-order valence-corrected chi connectivity index (χ2v) is 4.63. The van der Waals surface area contributed by atoms with Gasteiger partial charge in [0, 0.05) is 30.8 Å². The fraction of sp³-hybridized carbons (Fsp3) is 0.273.